The SMILES string of the molecule is CC(C)CC1CN(C(=O)c2cccs2)C(C)(C)CN1. The van der Waals surface area contributed by atoms with Gasteiger partial charge in [-0.05, 0) is 37.6 Å². The molecule has 0 aliphatic carbocycles. The molecule has 1 aliphatic heterocycles. The van der Waals surface area contributed by atoms with Crippen LogP contribution in [-0.4, -0.2) is 35.5 Å². The molecule has 1 amide bonds. The second kappa shape index (κ2) is 5.63. The summed E-state index contributed by atoms with van der Waals surface area (Å²) in [5, 5.41) is 5.55. The molecule has 1 aromatic rings. The van der Waals surface area contributed by atoms with Crippen LogP contribution in [0.15, 0.2) is 17.5 Å². The van der Waals surface area contributed by atoms with Gasteiger partial charge in [-0.2, -0.15) is 0 Å². The molecule has 1 aromatic heterocycles. The Hall–Kier alpha value is -0.870. The van der Waals surface area contributed by atoms with E-state index in [0.29, 0.717) is 12.0 Å². The zero-order chi connectivity index (χ0) is 14.0. The van der Waals surface area contributed by atoms with Gasteiger partial charge in [0.15, 0.2) is 0 Å². The summed E-state index contributed by atoms with van der Waals surface area (Å²) in [6, 6.07) is 4.28. The molecule has 0 aromatic carbocycles. The van der Waals surface area contributed by atoms with Crippen LogP contribution in [0.3, 0.4) is 0 Å². The highest BCUT2D eigenvalue weighted by Gasteiger charge is 2.37. The van der Waals surface area contributed by atoms with Gasteiger partial charge in [0, 0.05) is 19.1 Å². The van der Waals surface area contributed by atoms with E-state index in [1.54, 1.807) is 0 Å². The Balaban J connectivity index is 2.12. The fraction of sp³-hybridized carbons (Fsp3) is 0.667. The van der Waals surface area contributed by atoms with E-state index in [2.05, 4.69) is 33.0 Å². The number of piperazine rings is 1. The standard InChI is InChI=1S/C15H24N2OS/c1-11(2)8-12-9-17(15(3,4)10-16-12)14(18)13-6-5-7-19-13/h5-7,11-12,16H,8-10H2,1-4H3. The molecule has 0 bridgehead atoms. The van der Waals surface area contributed by atoms with Crippen molar-refractivity contribution < 1.29 is 4.79 Å². The Kier molecular flexibility index (Phi) is 4.31. The monoisotopic (exact) mass is 280 g/mol. The Morgan fingerprint density at radius 2 is 2.32 bits per heavy atom. The molecule has 1 unspecified atom stereocenters. The Morgan fingerprint density at radius 3 is 2.89 bits per heavy atom. The summed E-state index contributed by atoms with van der Waals surface area (Å²) in [4.78, 5) is 15.5. The van der Waals surface area contributed by atoms with E-state index in [1.165, 1.54) is 11.3 Å². The van der Waals surface area contributed by atoms with Crippen LogP contribution < -0.4 is 5.32 Å². The van der Waals surface area contributed by atoms with Gasteiger partial charge in [0.2, 0.25) is 0 Å². The van der Waals surface area contributed by atoms with Crippen LogP contribution in [-0.2, 0) is 0 Å². The third-order valence-electron chi connectivity index (χ3n) is 3.69. The molecule has 3 nitrogen and oxygen atoms in total. The molecule has 106 valence electrons. The minimum absolute atomic E-state index is 0.117. The second-order valence-electron chi connectivity index (χ2n) is 6.41. The molecule has 1 saturated heterocycles. The molecule has 2 rings (SSSR count). The zero-order valence-electron chi connectivity index (χ0n) is 12.3. The van der Waals surface area contributed by atoms with Crippen molar-refractivity contribution >= 4 is 17.2 Å². The van der Waals surface area contributed by atoms with Crippen LogP contribution in [0.4, 0.5) is 0 Å². The van der Waals surface area contributed by atoms with E-state index in [-0.39, 0.29) is 11.4 Å². The fourth-order valence-electron chi connectivity index (χ4n) is 2.64. The quantitative estimate of drug-likeness (QED) is 0.923. The van der Waals surface area contributed by atoms with Gasteiger partial charge in [0.25, 0.3) is 5.91 Å². The normalized spacial score (nSPS) is 22.8. The molecule has 1 aliphatic rings. The molecule has 2 heterocycles. The van der Waals surface area contributed by atoms with Gasteiger partial charge in [-0.3, -0.25) is 4.79 Å². The molecule has 1 N–H and O–H groups in total. The smallest absolute Gasteiger partial charge is 0.264 e. The maximum atomic E-state index is 12.6. The van der Waals surface area contributed by atoms with Crippen molar-refractivity contribution in [3.63, 3.8) is 0 Å². The molecule has 1 atom stereocenters. The zero-order valence-corrected chi connectivity index (χ0v) is 13.1. The third kappa shape index (κ3) is 3.37. The van der Waals surface area contributed by atoms with Gasteiger partial charge >= 0.3 is 0 Å². The Morgan fingerprint density at radius 1 is 1.58 bits per heavy atom. The van der Waals surface area contributed by atoms with Crippen LogP contribution in [0.2, 0.25) is 0 Å². The molecule has 0 radical (unpaired) electrons. The number of hydrogen-bond acceptors (Lipinski definition) is 3. The molecular formula is C15H24N2OS. The molecule has 4 heteroatoms. The van der Waals surface area contributed by atoms with Gasteiger partial charge in [0.1, 0.15) is 0 Å². The lowest BCUT2D eigenvalue weighted by Crippen LogP contribution is -2.63. The van der Waals surface area contributed by atoms with Gasteiger partial charge in [-0.15, -0.1) is 11.3 Å². The maximum Gasteiger partial charge on any atom is 0.264 e. The number of amides is 1. The molecule has 0 saturated carbocycles. The molecule has 1 fully saturated rings. The maximum absolute atomic E-state index is 12.6. The summed E-state index contributed by atoms with van der Waals surface area (Å²) < 4.78 is 0. The average Bonchev–Trinajstić information content (AvgIpc) is 2.83. The third-order valence-corrected chi connectivity index (χ3v) is 4.55. The van der Waals surface area contributed by atoms with E-state index in [4.69, 9.17) is 0 Å². The van der Waals surface area contributed by atoms with Crippen molar-refractivity contribution in [1.29, 1.82) is 0 Å². The number of nitrogens with one attached hydrogen (secondary N) is 1. The van der Waals surface area contributed by atoms with Crippen LogP contribution in [0, 0.1) is 5.92 Å². The Labute approximate surface area is 120 Å². The largest absolute Gasteiger partial charge is 0.330 e. The molecule has 0 spiro atoms. The number of carbonyl (C=O) groups is 1. The first-order chi connectivity index (χ1) is 8.90. The van der Waals surface area contributed by atoms with E-state index >= 15 is 0 Å². The van der Waals surface area contributed by atoms with Gasteiger partial charge < -0.3 is 10.2 Å². The summed E-state index contributed by atoms with van der Waals surface area (Å²) in [6.45, 7) is 10.4. The van der Waals surface area contributed by atoms with E-state index in [1.807, 2.05) is 22.4 Å². The number of carbonyl (C=O) groups excluding carboxylic acids is 1. The lowest BCUT2D eigenvalue weighted by Gasteiger charge is -2.46. The van der Waals surface area contributed by atoms with Crippen molar-refractivity contribution in [2.45, 2.75) is 45.7 Å². The van der Waals surface area contributed by atoms with Crippen molar-refractivity contribution in [3.05, 3.63) is 22.4 Å². The van der Waals surface area contributed by atoms with Crippen LogP contribution in [0.1, 0.15) is 43.8 Å². The number of nitrogens with zero attached hydrogens (tertiary/aromatic N) is 1. The minimum atomic E-state index is -0.117. The fourth-order valence-corrected chi connectivity index (χ4v) is 3.31. The number of hydrogen-bond donors (Lipinski definition) is 1. The summed E-state index contributed by atoms with van der Waals surface area (Å²) in [5.41, 5.74) is -0.117. The van der Waals surface area contributed by atoms with Crippen LogP contribution in [0.25, 0.3) is 0 Å². The Bertz CT molecular complexity index is 425. The van der Waals surface area contributed by atoms with E-state index in [9.17, 15) is 4.79 Å². The van der Waals surface area contributed by atoms with E-state index in [0.717, 1.165) is 24.4 Å². The molecule has 19 heavy (non-hydrogen) atoms. The summed E-state index contributed by atoms with van der Waals surface area (Å²) in [7, 11) is 0. The van der Waals surface area contributed by atoms with Gasteiger partial charge in [-0.1, -0.05) is 19.9 Å². The number of thiophene rings is 1. The van der Waals surface area contributed by atoms with Crippen molar-refractivity contribution in [2.75, 3.05) is 13.1 Å². The van der Waals surface area contributed by atoms with Crippen LogP contribution in [0.5, 0.6) is 0 Å². The predicted molar refractivity (Wildman–Crippen MR) is 80.7 cm³/mol. The van der Waals surface area contributed by atoms with Crippen molar-refractivity contribution in [2.24, 2.45) is 5.92 Å². The van der Waals surface area contributed by atoms with Crippen molar-refractivity contribution in [3.8, 4) is 0 Å². The number of rotatable bonds is 3. The van der Waals surface area contributed by atoms with Crippen LogP contribution >= 0.6 is 11.3 Å². The lowest BCUT2D eigenvalue weighted by atomic mass is 9.93. The van der Waals surface area contributed by atoms with Crippen molar-refractivity contribution in [1.82, 2.24) is 10.2 Å². The molecular weight excluding hydrogens is 256 g/mol. The van der Waals surface area contributed by atoms with Gasteiger partial charge in [-0.25, -0.2) is 0 Å². The topological polar surface area (TPSA) is 32.3 Å². The summed E-state index contributed by atoms with van der Waals surface area (Å²) >= 11 is 1.53. The predicted octanol–water partition coefficient (Wildman–Crippen LogP) is 2.99. The second-order valence-corrected chi connectivity index (χ2v) is 7.36. The highest BCUT2D eigenvalue weighted by Crippen LogP contribution is 2.25. The first kappa shape index (κ1) is 14.5. The first-order valence-corrected chi connectivity index (χ1v) is 7.87. The summed E-state index contributed by atoms with van der Waals surface area (Å²) in [5.74, 6) is 0.827. The highest BCUT2D eigenvalue weighted by molar-refractivity contribution is 7.12. The first-order valence-electron chi connectivity index (χ1n) is 6.99. The summed E-state index contributed by atoms with van der Waals surface area (Å²) in [6.07, 6.45) is 1.12. The van der Waals surface area contributed by atoms with E-state index < -0.39 is 0 Å². The average molecular weight is 280 g/mol. The lowest BCUT2D eigenvalue weighted by molar-refractivity contribution is 0.0382. The van der Waals surface area contributed by atoms with Gasteiger partial charge in [0.05, 0.1) is 10.4 Å². The minimum Gasteiger partial charge on any atom is -0.330 e. The highest BCUT2D eigenvalue weighted by atomic mass is 32.1.